The fourth-order valence-corrected chi connectivity index (χ4v) is 1.63. The maximum atomic E-state index is 10.1. The molecular weight excluding hydrogens is 220 g/mol. The quantitative estimate of drug-likeness (QED) is 0.735. The van der Waals surface area contributed by atoms with Crippen LogP contribution in [0.5, 0.6) is 0 Å². The number of rotatable bonds is 6. The van der Waals surface area contributed by atoms with E-state index in [0.717, 1.165) is 30.4 Å². The molecule has 1 heteroatoms. The normalized spacial score (nSPS) is 12.2. The molecule has 0 amide bonds. The van der Waals surface area contributed by atoms with Gasteiger partial charge in [0.2, 0.25) is 0 Å². The molecule has 1 unspecified atom stereocenters. The zero-order valence-electron chi connectivity index (χ0n) is 11.3. The highest BCUT2D eigenvalue weighted by atomic mass is 16.3. The maximum absolute atomic E-state index is 10.1. The number of hydrogen-bond acceptors (Lipinski definition) is 1. The largest absolute Gasteiger partial charge is 0.384 e. The molecule has 18 heavy (non-hydrogen) atoms. The first kappa shape index (κ1) is 14.5. The molecule has 0 spiro atoms. The van der Waals surface area contributed by atoms with Crippen LogP contribution in [0.1, 0.15) is 38.7 Å². The maximum Gasteiger partial charge on any atom is 0.101 e. The second-order valence-electron chi connectivity index (χ2n) is 4.23. The minimum absolute atomic E-state index is 0.539. The van der Waals surface area contributed by atoms with Crippen LogP contribution < -0.4 is 0 Å². The second kappa shape index (κ2) is 8.52. The van der Waals surface area contributed by atoms with Crippen LogP contribution in [-0.4, -0.2) is 11.2 Å². The molecule has 0 aromatic heterocycles. The average molecular weight is 242 g/mol. The molecule has 1 rings (SSSR count). The lowest BCUT2D eigenvalue weighted by Crippen LogP contribution is -2.04. The van der Waals surface area contributed by atoms with Gasteiger partial charge in [-0.05, 0) is 24.5 Å². The van der Waals surface area contributed by atoms with Gasteiger partial charge in [0.05, 0.1) is 0 Å². The Morgan fingerprint density at radius 2 is 2.00 bits per heavy atom. The Labute approximate surface area is 110 Å². The monoisotopic (exact) mass is 242 g/mol. The molecule has 0 radical (unpaired) electrons. The van der Waals surface area contributed by atoms with Crippen molar-refractivity contribution in [3.8, 4) is 0 Å². The van der Waals surface area contributed by atoms with E-state index < -0.39 is 6.10 Å². The Balaban J connectivity index is 2.71. The van der Waals surface area contributed by atoms with Crippen molar-refractivity contribution < 1.29 is 5.11 Å². The molecule has 0 saturated heterocycles. The van der Waals surface area contributed by atoms with Crippen molar-refractivity contribution in [2.45, 2.75) is 39.2 Å². The van der Waals surface area contributed by atoms with Gasteiger partial charge in [0.15, 0.2) is 0 Å². The third kappa shape index (κ3) is 5.18. The Kier molecular flexibility index (Phi) is 6.86. The summed E-state index contributed by atoms with van der Waals surface area (Å²) in [4.78, 5) is 0. The molecule has 0 heterocycles. The molecule has 1 aromatic rings. The molecule has 1 aromatic carbocycles. The van der Waals surface area contributed by atoms with Crippen molar-refractivity contribution in [2.24, 2.45) is 0 Å². The molecule has 0 saturated carbocycles. The van der Waals surface area contributed by atoms with E-state index in [9.17, 15) is 5.11 Å². The summed E-state index contributed by atoms with van der Waals surface area (Å²) in [5, 5.41) is 10.1. The van der Waals surface area contributed by atoms with Gasteiger partial charge >= 0.3 is 0 Å². The van der Waals surface area contributed by atoms with Crippen LogP contribution in [-0.2, 0) is 0 Å². The van der Waals surface area contributed by atoms with Crippen LogP contribution >= 0.6 is 0 Å². The number of unbranched alkanes of at least 4 members (excludes halogenated alkanes) is 1. The lowest BCUT2D eigenvalue weighted by Gasteiger charge is -2.06. The fraction of sp³-hybridized carbons (Fsp3) is 0.353. The molecule has 0 aliphatic rings. The summed E-state index contributed by atoms with van der Waals surface area (Å²) in [6.45, 7) is 4.18. The van der Waals surface area contributed by atoms with Gasteiger partial charge in [-0.1, -0.05) is 62.8 Å². The van der Waals surface area contributed by atoms with Gasteiger partial charge in [-0.25, -0.2) is 0 Å². The third-order valence-electron chi connectivity index (χ3n) is 2.73. The standard InChI is InChI=1S/C17H22O/c1-3-5-7-12-16(4-2)17(18)14-13-15-10-8-6-9-11-15/h6-11,13-14,17-18H,3-5H2,1-2H3/b14-13+. The number of benzene rings is 1. The summed E-state index contributed by atoms with van der Waals surface area (Å²) < 4.78 is 0. The van der Waals surface area contributed by atoms with Crippen molar-refractivity contribution in [3.63, 3.8) is 0 Å². The Bertz CT molecular complexity index is 422. The first-order chi connectivity index (χ1) is 8.77. The molecule has 0 aliphatic carbocycles. The van der Waals surface area contributed by atoms with E-state index in [1.54, 1.807) is 0 Å². The molecule has 96 valence electrons. The predicted molar refractivity (Wildman–Crippen MR) is 78.3 cm³/mol. The molecule has 1 atom stereocenters. The van der Waals surface area contributed by atoms with Crippen LogP contribution in [0.4, 0.5) is 0 Å². The Hall–Kier alpha value is -1.56. The van der Waals surface area contributed by atoms with Crippen LogP contribution in [0.15, 0.2) is 53.8 Å². The summed E-state index contributed by atoms with van der Waals surface area (Å²) in [6.07, 6.45) is 8.18. The smallest absolute Gasteiger partial charge is 0.101 e. The van der Waals surface area contributed by atoms with Gasteiger partial charge in [0, 0.05) is 5.57 Å². The SMILES string of the molecule is CCCC=C=C(CC)C(O)/C=C/c1ccccc1. The topological polar surface area (TPSA) is 20.2 Å². The fourth-order valence-electron chi connectivity index (χ4n) is 1.63. The average Bonchev–Trinajstić information content (AvgIpc) is 2.42. The minimum Gasteiger partial charge on any atom is -0.384 e. The van der Waals surface area contributed by atoms with E-state index in [1.807, 2.05) is 55.5 Å². The van der Waals surface area contributed by atoms with Crippen molar-refractivity contribution in [1.29, 1.82) is 0 Å². The van der Waals surface area contributed by atoms with Gasteiger partial charge < -0.3 is 5.11 Å². The van der Waals surface area contributed by atoms with Crippen molar-refractivity contribution in [3.05, 3.63) is 59.4 Å². The Morgan fingerprint density at radius 1 is 1.28 bits per heavy atom. The third-order valence-corrected chi connectivity index (χ3v) is 2.73. The van der Waals surface area contributed by atoms with Crippen molar-refractivity contribution >= 4 is 6.08 Å². The van der Waals surface area contributed by atoms with Gasteiger partial charge in [-0.2, -0.15) is 0 Å². The molecule has 0 aliphatic heterocycles. The predicted octanol–water partition coefficient (Wildman–Crippen LogP) is 4.35. The lowest BCUT2D eigenvalue weighted by molar-refractivity contribution is 0.256. The lowest BCUT2D eigenvalue weighted by atomic mass is 10.1. The van der Waals surface area contributed by atoms with E-state index in [-0.39, 0.29) is 0 Å². The van der Waals surface area contributed by atoms with E-state index in [0.29, 0.717) is 0 Å². The minimum atomic E-state index is -0.539. The van der Waals surface area contributed by atoms with Gasteiger partial charge in [0.25, 0.3) is 0 Å². The highest BCUT2D eigenvalue weighted by Gasteiger charge is 2.03. The van der Waals surface area contributed by atoms with Gasteiger partial charge in [-0.3, -0.25) is 0 Å². The number of aliphatic hydroxyl groups excluding tert-OH is 1. The second-order valence-corrected chi connectivity index (χ2v) is 4.23. The molecule has 1 nitrogen and oxygen atoms in total. The zero-order valence-corrected chi connectivity index (χ0v) is 11.3. The van der Waals surface area contributed by atoms with Gasteiger partial charge in [0.1, 0.15) is 6.10 Å². The van der Waals surface area contributed by atoms with E-state index in [4.69, 9.17) is 0 Å². The van der Waals surface area contributed by atoms with Gasteiger partial charge in [-0.15, -0.1) is 5.73 Å². The number of aliphatic hydroxyl groups is 1. The van der Waals surface area contributed by atoms with Crippen LogP contribution in [0.25, 0.3) is 6.08 Å². The zero-order chi connectivity index (χ0) is 13.2. The molecule has 0 bridgehead atoms. The van der Waals surface area contributed by atoms with E-state index >= 15 is 0 Å². The number of hydrogen-bond donors (Lipinski definition) is 1. The summed E-state index contributed by atoms with van der Waals surface area (Å²) >= 11 is 0. The molecular formula is C17H22O. The van der Waals surface area contributed by atoms with E-state index in [2.05, 4.69) is 12.7 Å². The highest BCUT2D eigenvalue weighted by molar-refractivity contribution is 5.50. The van der Waals surface area contributed by atoms with Crippen LogP contribution in [0.2, 0.25) is 0 Å². The van der Waals surface area contributed by atoms with E-state index in [1.165, 1.54) is 0 Å². The summed E-state index contributed by atoms with van der Waals surface area (Å²) in [5.41, 5.74) is 5.24. The van der Waals surface area contributed by atoms with Crippen molar-refractivity contribution in [1.82, 2.24) is 0 Å². The first-order valence-electron chi connectivity index (χ1n) is 6.63. The summed E-state index contributed by atoms with van der Waals surface area (Å²) in [6, 6.07) is 10.0. The van der Waals surface area contributed by atoms with Crippen LogP contribution in [0, 0.1) is 0 Å². The molecule has 0 fully saturated rings. The molecule has 1 N–H and O–H groups in total. The highest BCUT2D eigenvalue weighted by Crippen LogP contribution is 2.10. The summed E-state index contributed by atoms with van der Waals surface area (Å²) in [5.74, 6) is 0. The van der Waals surface area contributed by atoms with Crippen molar-refractivity contribution in [2.75, 3.05) is 0 Å². The first-order valence-corrected chi connectivity index (χ1v) is 6.63. The van der Waals surface area contributed by atoms with Crippen LogP contribution in [0.3, 0.4) is 0 Å². The summed E-state index contributed by atoms with van der Waals surface area (Å²) in [7, 11) is 0. The Morgan fingerprint density at radius 3 is 2.61 bits per heavy atom.